The third kappa shape index (κ3) is 7.41. The molecule has 0 amide bonds. The number of nitrogens with zero attached hydrogens (tertiary/aromatic N) is 1. The van der Waals surface area contributed by atoms with Gasteiger partial charge in [-0.05, 0) is 55.8 Å². The van der Waals surface area contributed by atoms with Crippen molar-refractivity contribution in [2.45, 2.75) is 32.7 Å². The van der Waals surface area contributed by atoms with E-state index in [1.165, 1.54) is 24.3 Å². The third-order valence-electron chi connectivity index (χ3n) is 6.07. The van der Waals surface area contributed by atoms with E-state index in [1.807, 2.05) is 37.3 Å². The van der Waals surface area contributed by atoms with Gasteiger partial charge in [0, 0.05) is 30.2 Å². The first-order valence-corrected chi connectivity index (χ1v) is 12.5. The number of rotatable bonds is 12. The Morgan fingerprint density at radius 2 is 1.74 bits per heavy atom. The summed E-state index contributed by atoms with van der Waals surface area (Å²) in [6.45, 7) is 3.86. The van der Waals surface area contributed by atoms with E-state index < -0.39 is 23.6 Å². The molecule has 2 N–H and O–H groups in total. The average molecular weight is 529 g/mol. The van der Waals surface area contributed by atoms with Crippen LogP contribution in [0, 0.1) is 12.7 Å². The number of benzene rings is 3. The largest absolute Gasteiger partial charge is 0.493 e. The zero-order valence-corrected chi connectivity index (χ0v) is 21.7. The Hall–Kier alpha value is -4.72. The number of aryl methyl sites for hydroxylation is 1. The molecule has 0 radical (unpaired) electrons. The standard InChI is InChI=1S/C31H29FN2O5/c1-20(18-29(35)25-10-6-7-11-26(25)32)33-28(31(36)37)19-22-12-14-24(15-13-22)38-17-16-27-21(2)39-30(34-27)23-8-4-3-5-9-23/h3-15,18,28,33H,16-17,19H2,1-2H3,(H,36,37)/b20-18+/t28-/m0/s1. The zero-order valence-electron chi connectivity index (χ0n) is 21.7. The van der Waals surface area contributed by atoms with Crippen LogP contribution >= 0.6 is 0 Å². The van der Waals surface area contributed by atoms with Gasteiger partial charge in [0.1, 0.15) is 23.4 Å². The van der Waals surface area contributed by atoms with Crippen LogP contribution in [0.2, 0.25) is 0 Å². The summed E-state index contributed by atoms with van der Waals surface area (Å²) in [5.74, 6) is -0.262. The van der Waals surface area contributed by atoms with Gasteiger partial charge in [-0.15, -0.1) is 0 Å². The first-order valence-electron chi connectivity index (χ1n) is 12.5. The summed E-state index contributed by atoms with van der Waals surface area (Å²) in [5, 5.41) is 12.5. The molecule has 39 heavy (non-hydrogen) atoms. The molecule has 0 fully saturated rings. The molecule has 1 atom stereocenters. The minimum Gasteiger partial charge on any atom is -0.493 e. The molecule has 8 heteroatoms. The lowest BCUT2D eigenvalue weighted by atomic mass is 10.0. The number of aliphatic carboxylic acids is 1. The Labute approximate surface area is 226 Å². The van der Waals surface area contributed by atoms with E-state index in [4.69, 9.17) is 9.15 Å². The molecule has 3 aromatic carbocycles. The lowest BCUT2D eigenvalue weighted by molar-refractivity contribution is -0.139. The summed E-state index contributed by atoms with van der Waals surface area (Å²) in [6, 6.07) is 21.5. The second kappa shape index (κ2) is 12.7. The molecule has 0 aliphatic carbocycles. The number of halogens is 1. The number of carbonyl (C=O) groups is 2. The maximum atomic E-state index is 13.9. The molecule has 0 aliphatic heterocycles. The minimum atomic E-state index is -1.07. The van der Waals surface area contributed by atoms with Gasteiger partial charge in [0.05, 0.1) is 17.9 Å². The summed E-state index contributed by atoms with van der Waals surface area (Å²) < 4.78 is 25.5. The second-order valence-electron chi connectivity index (χ2n) is 9.04. The van der Waals surface area contributed by atoms with Gasteiger partial charge in [-0.3, -0.25) is 4.79 Å². The second-order valence-corrected chi connectivity index (χ2v) is 9.04. The number of nitrogens with one attached hydrogen (secondary N) is 1. The Bertz CT molecular complexity index is 1460. The molecule has 1 heterocycles. The number of hydrogen-bond acceptors (Lipinski definition) is 6. The Morgan fingerprint density at radius 1 is 1.05 bits per heavy atom. The summed E-state index contributed by atoms with van der Waals surface area (Å²) in [6.07, 6.45) is 1.95. The van der Waals surface area contributed by atoms with Crippen molar-refractivity contribution in [1.29, 1.82) is 0 Å². The van der Waals surface area contributed by atoms with Crippen LogP contribution in [0.5, 0.6) is 5.75 Å². The fraction of sp³-hybridized carbons (Fsp3) is 0.194. The van der Waals surface area contributed by atoms with Crippen molar-refractivity contribution < 1.29 is 28.2 Å². The molecule has 0 bridgehead atoms. The molecule has 200 valence electrons. The van der Waals surface area contributed by atoms with Crippen LogP contribution in [0.1, 0.15) is 34.3 Å². The number of carboxylic acid groups (broad SMARTS) is 1. The lowest BCUT2D eigenvalue weighted by Gasteiger charge is -2.16. The van der Waals surface area contributed by atoms with E-state index in [9.17, 15) is 19.1 Å². The normalized spacial score (nSPS) is 12.1. The molecule has 1 aromatic heterocycles. The summed E-state index contributed by atoms with van der Waals surface area (Å²) >= 11 is 0. The van der Waals surface area contributed by atoms with Crippen molar-refractivity contribution in [2.24, 2.45) is 0 Å². The molecule has 7 nitrogen and oxygen atoms in total. The fourth-order valence-corrected chi connectivity index (χ4v) is 4.04. The maximum absolute atomic E-state index is 13.9. The monoisotopic (exact) mass is 528 g/mol. The van der Waals surface area contributed by atoms with Gasteiger partial charge in [-0.1, -0.05) is 42.5 Å². The van der Waals surface area contributed by atoms with E-state index in [2.05, 4.69) is 10.3 Å². The van der Waals surface area contributed by atoms with Gasteiger partial charge in [0.15, 0.2) is 5.78 Å². The van der Waals surface area contributed by atoms with Crippen LogP contribution in [0.15, 0.2) is 95.1 Å². The van der Waals surface area contributed by atoms with Crippen LogP contribution in [-0.2, 0) is 17.6 Å². The third-order valence-corrected chi connectivity index (χ3v) is 6.07. The maximum Gasteiger partial charge on any atom is 0.326 e. The predicted molar refractivity (Wildman–Crippen MR) is 145 cm³/mol. The first-order chi connectivity index (χ1) is 18.8. The van der Waals surface area contributed by atoms with Gasteiger partial charge in [0.2, 0.25) is 5.89 Å². The SMILES string of the molecule is C/C(=C\C(=O)c1ccccc1F)N[C@@H](Cc1ccc(OCCc2nc(-c3ccccc3)oc2C)cc1)C(=O)O. The highest BCUT2D eigenvalue weighted by Crippen LogP contribution is 2.22. The smallest absolute Gasteiger partial charge is 0.326 e. The molecule has 0 spiro atoms. The first kappa shape index (κ1) is 27.3. The number of oxazole rings is 1. The Morgan fingerprint density at radius 3 is 2.44 bits per heavy atom. The van der Waals surface area contributed by atoms with E-state index in [-0.39, 0.29) is 12.0 Å². The molecule has 0 unspecified atom stereocenters. The number of ether oxygens (including phenoxy) is 1. The Balaban J connectivity index is 1.31. The summed E-state index contributed by atoms with van der Waals surface area (Å²) in [7, 11) is 0. The lowest BCUT2D eigenvalue weighted by Crippen LogP contribution is -2.37. The van der Waals surface area contributed by atoms with Crippen molar-refractivity contribution in [3.05, 3.63) is 119 Å². The van der Waals surface area contributed by atoms with E-state index in [0.717, 1.165) is 22.6 Å². The molecule has 0 saturated carbocycles. The highest BCUT2D eigenvalue weighted by molar-refractivity contribution is 6.05. The summed E-state index contributed by atoms with van der Waals surface area (Å²) in [5.41, 5.74) is 2.78. The van der Waals surface area contributed by atoms with Crippen molar-refractivity contribution in [3.8, 4) is 17.2 Å². The van der Waals surface area contributed by atoms with Crippen molar-refractivity contribution >= 4 is 11.8 Å². The molecular formula is C31H29FN2O5. The van der Waals surface area contributed by atoms with Crippen LogP contribution in [0.25, 0.3) is 11.5 Å². The zero-order chi connectivity index (χ0) is 27.8. The summed E-state index contributed by atoms with van der Waals surface area (Å²) in [4.78, 5) is 28.8. The minimum absolute atomic E-state index is 0.0727. The van der Waals surface area contributed by atoms with Gasteiger partial charge in [-0.25, -0.2) is 14.2 Å². The highest BCUT2D eigenvalue weighted by Gasteiger charge is 2.19. The molecule has 0 aliphatic rings. The number of aromatic nitrogens is 1. The molecule has 4 rings (SSSR count). The molecular weight excluding hydrogens is 499 g/mol. The van der Waals surface area contributed by atoms with E-state index in [1.54, 1.807) is 37.3 Å². The van der Waals surface area contributed by atoms with Crippen molar-refractivity contribution in [3.63, 3.8) is 0 Å². The van der Waals surface area contributed by atoms with Crippen LogP contribution in [0.3, 0.4) is 0 Å². The average Bonchev–Trinajstić information content (AvgIpc) is 3.30. The molecule has 4 aromatic rings. The topological polar surface area (TPSA) is 102 Å². The van der Waals surface area contributed by atoms with Gasteiger partial charge < -0.3 is 19.6 Å². The predicted octanol–water partition coefficient (Wildman–Crippen LogP) is 5.78. The molecule has 0 saturated heterocycles. The van der Waals surface area contributed by atoms with Gasteiger partial charge in [0.25, 0.3) is 0 Å². The highest BCUT2D eigenvalue weighted by atomic mass is 19.1. The number of carbonyl (C=O) groups excluding carboxylic acids is 1. The number of carboxylic acids is 1. The van der Waals surface area contributed by atoms with Gasteiger partial charge >= 0.3 is 5.97 Å². The number of hydrogen-bond donors (Lipinski definition) is 2. The van der Waals surface area contributed by atoms with Crippen LogP contribution in [0.4, 0.5) is 4.39 Å². The van der Waals surface area contributed by atoms with E-state index >= 15 is 0 Å². The van der Waals surface area contributed by atoms with Crippen molar-refractivity contribution in [2.75, 3.05) is 6.61 Å². The van der Waals surface area contributed by atoms with E-state index in [0.29, 0.717) is 30.4 Å². The number of ketones is 1. The van der Waals surface area contributed by atoms with Crippen LogP contribution < -0.4 is 10.1 Å². The van der Waals surface area contributed by atoms with Crippen LogP contribution in [-0.4, -0.2) is 34.5 Å². The van der Waals surface area contributed by atoms with Gasteiger partial charge in [-0.2, -0.15) is 0 Å². The number of allylic oxidation sites excluding steroid dienone is 2. The fourth-order valence-electron chi connectivity index (χ4n) is 4.04. The van der Waals surface area contributed by atoms with Crippen molar-refractivity contribution in [1.82, 2.24) is 10.3 Å². The quantitative estimate of drug-likeness (QED) is 0.177. The Kier molecular flexibility index (Phi) is 8.89.